The first kappa shape index (κ1) is 12.6. The number of amides is 1. The van der Waals surface area contributed by atoms with E-state index >= 15 is 0 Å². The third-order valence-corrected chi connectivity index (χ3v) is 3.72. The predicted molar refractivity (Wildman–Crippen MR) is 69.9 cm³/mol. The van der Waals surface area contributed by atoms with Gasteiger partial charge in [0.15, 0.2) is 0 Å². The fourth-order valence-electron chi connectivity index (χ4n) is 2.52. The van der Waals surface area contributed by atoms with Gasteiger partial charge in [-0.15, -0.1) is 0 Å². The van der Waals surface area contributed by atoms with Crippen molar-refractivity contribution in [2.75, 3.05) is 6.54 Å². The van der Waals surface area contributed by atoms with Crippen molar-refractivity contribution in [1.29, 1.82) is 5.26 Å². The number of carbonyl (C=O) groups excluding carboxylic acids is 1. The van der Waals surface area contributed by atoms with E-state index in [1.165, 1.54) is 0 Å². The van der Waals surface area contributed by atoms with Gasteiger partial charge in [-0.1, -0.05) is 31.5 Å². The first-order valence-electron chi connectivity index (χ1n) is 6.52. The molecule has 2 atom stereocenters. The lowest BCUT2D eigenvalue weighted by molar-refractivity contribution is 0.0620. The molecule has 1 aromatic rings. The van der Waals surface area contributed by atoms with Crippen LogP contribution in [0.3, 0.4) is 0 Å². The first-order valence-corrected chi connectivity index (χ1v) is 6.52. The molecule has 0 N–H and O–H groups in total. The average molecular weight is 242 g/mol. The second kappa shape index (κ2) is 5.68. The Morgan fingerprint density at radius 1 is 1.44 bits per heavy atom. The maximum atomic E-state index is 12.3. The Balaban J connectivity index is 2.13. The van der Waals surface area contributed by atoms with Crippen LogP contribution in [0.2, 0.25) is 0 Å². The fourth-order valence-corrected chi connectivity index (χ4v) is 2.52. The summed E-state index contributed by atoms with van der Waals surface area (Å²) in [5.41, 5.74) is 0.674. The zero-order valence-electron chi connectivity index (χ0n) is 10.7. The minimum atomic E-state index is -0.267. The molecular weight excluding hydrogens is 224 g/mol. The average Bonchev–Trinajstić information content (AvgIpc) is 2.46. The summed E-state index contributed by atoms with van der Waals surface area (Å²) < 4.78 is 0. The van der Waals surface area contributed by atoms with Gasteiger partial charge in [-0.2, -0.15) is 5.26 Å². The van der Waals surface area contributed by atoms with Crippen molar-refractivity contribution in [3.05, 3.63) is 35.9 Å². The lowest BCUT2D eigenvalue weighted by Crippen LogP contribution is -2.45. The Morgan fingerprint density at radius 2 is 2.17 bits per heavy atom. The van der Waals surface area contributed by atoms with E-state index in [1.54, 1.807) is 4.90 Å². The van der Waals surface area contributed by atoms with E-state index in [4.69, 9.17) is 0 Å². The van der Waals surface area contributed by atoms with Gasteiger partial charge < -0.3 is 4.90 Å². The first-order chi connectivity index (χ1) is 8.76. The SMILES string of the molecule is CCC1CCN(C(=O)c2ccccc2)C(C#N)C1. The molecule has 2 unspecified atom stereocenters. The van der Waals surface area contributed by atoms with Crippen LogP contribution in [0.4, 0.5) is 0 Å². The summed E-state index contributed by atoms with van der Waals surface area (Å²) >= 11 is 0. The van der Waals surface area contributed by atoms with Crippen LogP contribution in [-0.4, -0.2) is 23.4 Å². The summed E-state index contributed by atoms with van der Waals surface area (Å²) in [6.07, 6.45) is 2.91. The molecule has 0 aliphatic carbocycles. The zero-order valence-corrected chi connectivity index (χ0v) is 10.7. The maximum absolute atomic E-state index is 12.3. The Labute approximate surface area is 108 Å². The number of likely N-dealkylation sites (tertiary alicyclic amines) is 1. The van der Waals surface area contributed by atoms with E-state index in [0.29, 0.717) is 18.0 Å². The van der Waals surface area contributed by atoms with Gasteiger partial charge in [0.25, 0.3) is 5.91 Å². The highest BCUT2D eigenvalue weighted by atomic mass is 16.2. The van der Waals surface area contributed by atoms with E-state index in [0.717, 1.165) is 19.3 Å². The van der Waals surface area contributed by atoms with Crippen LogP contribution in [-0.2, 0) is 0 Å². The summed E-state index contributed by atoms with van der Waals surface area (Å²) in [7, 11) is 0. The van der Waals surface area contributed by atoms with Gasteiger partial charge in [0.2, 0.25) is 0 Å². The van der Waals surface area contributed by atoms with Gasteiger partial charge in [0.05, 0.1) is 6.07 Å². The van der Waals surface area contributed by atoms with Crippen LogP contribution in [0, 0.1) is 17.2 Å². The highest BCUT2D eigenvalue weighted by molar-refractivity contribution is 5.94. The van der Waals surface area contributed by atoms with Gasteiger partial charge >= 0.3 is 0 Å². The summed E-state index contributed by atoms with van der Waals surface area (Å²) in [6.45, 7) is 2.85. The number of piperidine rings is 1. The molecule has 0 spiro atoms. The molecule has 0 radical (unpaired) electrons. The molecule has 0 aromatic heterocycles. The van der Waals surface area contributed by atoms with Crippen molar-refractivity contribution in [1.82, 2.24) is 4.90 Å². The summed E-state index contributed by atoms with van der Waals surface area (Å²) in [6, 6.07) is 11.2. The molecule has 1 aromatic carbocycles. The van der Waals surface area contributed by atoms with Crippen molar-refractivity contribution in [3.8, 4) is 6.07 Å². The van der Waals surface area contributed by atoms with Crippen molar-refractivity contribution < 1.29 is 4.79 Å². The molecule has 1 heterocycles. The summed E-state index contributed by atoms with van der Waals surface area (Å²) in [5, 5.41) is 9.23. The molecule has 2 rings (SSSR count). The van der Waals surface area contributed by atoms with E-state index in [-0.39, 0.29) is 11.9 Å². The minimum absolute atomic E-state index is 0.0169. The number of rotatable bonds is 2. The minimum Gasteiger partial charge on any atom is -0.323 e. The van der Waals surface area contributed by atoms with E-state index in [1.807, 2.05) is 30.3 Å². The molecule has 1 aliphatic rings. The Bertz CT molecular complexity index is 449. The van der Waals surface area contributed by atoms with Crippen molar-refractivity contribution >= 4 is 5.91 Å². The van der Waals surface area contributed by atoms with Crippen LogP contribution >= 0.6 is 0 Å². The van der Waals surface area contributed by atoms with Crippen LogP contribution < -0.4 is 0 Å². The van der Waals surface area contributed by atoms with Crippen molar-refractivity contribution in [2.45, 2.75) is 32.2 Å². The van der Waals surface area contributed by atoms with Crippen LogP contribution in [0.15, 0.2) is 30.3 Å². The third-order valence-electron chi connectivity index (χ3n) is 3.72. The maximum Gasteiger partial charge on any atom is 0.254 e. The zero-order chi connectivity index (χ0) is 13.0. The molecule has 1 fully saturated rings. The molecule has 94 valence electrons. The topological polar surface area (TPSA) is 44.1 Å². The largest absolute Gasteiger partial charge is 0.323 e. The number of nitriles is 1. The molecule has 3 heteroatoms. The summed E-state index contributed by atoms with van der Waals surface area (Å²) in [4.78, 5) is 14.1. The molecule has 1 aliphatic heterocycles. The molecule has 0 bridgehead atoms. The van der Waals surface area contributed by atoms with Gasteiger partial charge in [-0.05, 0) is 30.9 Å². The second-order valence-electron chi connectivity index (χ2n) is 4.81. The molecule has 0 saturated carbocycles. The lowest BCUT2D eigenvalue weighted by atomic mass is 9.89. The second-order valence-corrected chi connectivity index (χ2v) is 4.81. The van der Waals surface area contributed by atoms with Gasteiger partial charge in [-0.3, -0.25) is 4.79 Å². The molecule has 3 nitrogen and oxygen atoms in total. The van der Waals surface area contributed by atoms with Gasteiger partial charge in [0, 0.05) is 12.1 Å². The van der Waals surface area contributed by atoms with Crippen molar-refractivity contribution in [3.63, 3.8) is 0 Å². The number of carbonyl (C=O) groups is 1. The van der Waals surface area contributed by atoms with E-state index in [9.17, 15) is 10.1 Å². The monoisotopic (exact) mass is 242 g/mol. The number of hydrogen-bond acceptors (Lipinski definition) is 2. The fraction of sp³-hybridized carbons (Fsp3) is 0.467. The predicted octanol–water partition coefficient (Wildman–Crippen LogP) is 2.84. The highest BCUT2D eigenvalue weighted by Gasteiger charge is 2.31. The Hall–Kier alpha value is -1.82. The Morgan fingerprint density at radius 3 is 2.78 bits per heavy atom. The quantitative estimate of drug-likeness (QED) is 0.800. The molecule has 1 amide bonds. The molecular formula is C15H18N2O. The van der Waals surface area contributed by atoms with Crippen LogP contribution in [0.5, 0.6) is 0 Å². The van der Waals surface area contributed by atoms with Crippen molar-refractivity contribution in [2.24, 2.45) is 5.92 Å². The number of nitrogens with zero attached hydrogens (tertiary/aromatic N) is 2. The van der Waals surface area contributed by atoms with Gasteiger partial charge in [-0.25, -0.2) is 0 Å². The highest BCUT2D eigenvalue weighted by Crippen LogP contribution is 2.26. The third kappa shape index (κ3) is 2.53. The number of benzene rings is 1. The summed E-state index contributed by atoms with van der Waals surface area (Å²) in [5.74, 6) is 0.561. The smallest absolute Gasteiger partial charge is 0.254 e. The van der Waals surface area contributed by atoms with Gasteiger partial charge in [0.1, 0.15) is 6.04 Å². The number of hydrogen-bond donors (Lipinski definition) is 0. The molecule has 18 heavy (non-hydrogen) atoms. The van der Waals surface area contributed by atoms with Crippen LogP contribution in [0.25, 0.3) is 0 Å². The standard InChI is InChI=1S/C15H18N2O/c1-2-12-8-9-17(14(10-12)11-16)15(18)13-6-4-3-5-7-13/h3-7,12,14H,2,8-10H2,1H3. The van der Waals surface area contributed by atoms with E-state index < -0.39 is 0 Å². The molecule has 1 saturated heterocycles. The normalized spacial score (nSPS) is 23.4. The van der Waals surface area contributed by atoms with E-state index in [2.05, 4.69) is 13.0 Å². The Kier molecular flexibility index (Phi) is 3.99. The lowest BCUT2D eigenvalue weighted by Gasteiger charge is -2.35. The van der Waals surface area contributed by atoms with Crippen LogP contribution in [0.1, 0.15) is 36.5 Å².